The lowest BCUT2D eigenvalue weighted by Gasteiger charge is -2.29. The summed E-state index contributed by atoms with van der Waals surface area (Å²) in [6.07, 6.45) is 2.87. The van der Waals surface area contributed by atoms with Crippen LogP contribution in [0.4, 0.5) is 0 Å². The fraction of sp³-hybridized carbons (Fsp3) is 0.357. The maximum absolute atomic E-state index is 13.7. The predicted molar refractivity (Wildman–Crippen MR) is 143 cm³/mol. The molecule has 1 aliphatic heterocycles. The number of aliphatic hydroxyl groups excluding tert-OH is 1. The maximum Gasteiger partial charge on any atom is 0.326 e. The highest BCUT2D eigenvalue weighted by Gasteiger charge is 2.38. The third-order valence-electron chi connectivity index (χ3n) is 6.98. The summed E-state index contributed by atoms with van der Waals surface area (Å²) in [5, 5.41) is 25.2. The van der Waals surface area contributed by atoms with E-state index in [1.54, 1.807) is 30.5 Å². The molecule has 3 aromatic rings. The van der Waals surface area contributed by atoms with Crippen molar-refractivity contribution in [1.82, 2.24) is 20.5 Å². The summed E-state index contributed by atoms with van der Waals surface area (Å²) < 4.78 is 0. The van der Waals surface area contributed by atoms with Crippen LogP contribution in [0.5, 0.6) is 0 Å². The number of aliphatic hydroxyl groups is 1. The highest BCUT2D eigenvalue weighted by atomic mass is 16.4. The third kappa shape index (κ3) is 6.62. The molecule has 2 aromatic carbocycles. The van der Waals surface area contributed by atoms with Gasteiger partial charge in [0.15, 0.2) is 0 Å². The Morgan fingerprint density at radius 3 is 2.38 bits per heavy atom. The fourth-order valence-electron chi connectivity index (χ4n) is 4.90. The highest BCUT2D eigenvalue weighted by Crippen LogP contribution is 2.23. The molecular weight excluding hydrogens is 502 g/mol. The lowest BCUT2D eigenvalue weighted by molar-refractivity contribution is -0.149. The number of amides is 3. The summed E-state index contributed by atoms with van der Waals surface area (Å²) in [5.41, 5.74) is 8.07. The number of likely N-dealkylation sites (tertiary alicyclic amines) is 1. The Bertz CT molecular complexity index is 1330. The molecule has 1 saturated heterocycles. The van der Waals surface area contributed by atoms with E-state index in [-0.39, 0.29) is 19.4 Å². The monoisotopic (exact) mass is 535 g/mol. The van der Waals surface area contributed by atoms with Crippen LogP contribution in [0.15, 0.2) is 60.8 Å². The molecule has 1 fully saturated rings. The number of benzene rings is 2. The van der Waals surface area contributed by atoms with Gasteiger partial charge in [0.1, 0.15) is 24.2 Å². The molecule has 0 radical (unpaired) electrons. The molecule has 2 heterocycles. The van der Waals surface area contributed by atoms with Crippen LogP contribution in [-0.2, 0) is 32.0 Å². The molecule has 4 atom stereocenters. The number of carboxylic acid groups (broad SMARTS) is 1. The first-order valence-corrected chi connectivity index (χ1v) is 12.9. The number of carbonyl (C=O) groups excluding carboxylic acids is 3. The van der Waals surface area contributed by atoms with Crippen molar-refractivity contribution < 1.29 is 29.4 Å². The number of H-pyrrole nitrogens is 1. The second-order valence-corrected chi connectivity index (χ2v) is 9.69. The molecule has 0 aliphatic carbocycles. The van der Waals surface area contributed by atoms with Crippen molar-refractivity contribution in [2.24, 2.45) is 5.73 Å². The normalized spacial score (nSPS) is 17.4. The van der Waals surface area contributed by atoms with Gasteiger partial charge < -0.3 is 36.5 Å². The molecule has 11 heteroatoms. The smallest absolute Gasteiger partial charge is 0.326 e. The Morgan fingerprint density at radius 2 is 1.67 bits per heavy atom. The highest BCUT2D eigenvalue weighted by molar-refractivity contribution is 5.95. The quantitative estimate of drug-likeness (QED) is 0.205. The Hall–Kier alpha value is -4.22. The summed E-state index contributed by atoms with van der Waals surface area (Å²) in [7, 11) is 0. The summed E-state index contributed by atoms with van der Waals surface area (Å²) in [5.74, 6) is -2.93. The Balaban J connectivity index is 1.62. The van der Waals surface area contributed by atoms with E-state index >= 15 is 0 Å². The Kier molecular flexibility index (Phi) is 8.95. The predicted octanol–water partition coefficient (Wildman–Crippen LogP) is 0.318. The van der Waals surface area contributed by atoms with E-state index in [0.717, 1.165) is 22.0 Å². The second-order valence-electron chi connectivity index (χ2n) is 9.69. The number of rotatable bonds is 11. The number of para-hydroxylation sites is 1. The lowest BCUT2D eigenvalue weighted by Crippen LogP contribution is -2.58. The number of carboxylic acids is 1. The number of nitrogens with zero attached hydrogens (tertiary/aromatic N) is 1. The van der Waals surface area contributed by atoms with Crippen molar-refractivity contribution in [3.05, 3.63) is 71.9 Å². The number of aromatic nitrogens is 1. The number of hydrogen-bond donors (Lipinski definition) is 6. The van der Waals surface area contributed by atoms with Crippen LogP contribution in [0, 0.1) is 0 Å². The van der Waals surface area contributed by atoms with Crippen LogP contribution in [0.3, 0.4) is 0 Å². The molecule has 7 N–H and O–H groups in total. The van der Waals surface area contributed by atoms with Crippen molar-refractivity contribution in [3.63, 3.8) is 0 Å². The fourth-order valence-corrected chi connectivity index (χ4v) is 4.90. The van der Waals surface area contributed by atoms with E-state index in [4.69, 9.17) is 5.73 Å². The van der Waals surface area contributed by atoms with Gasteiger partial charge in [0, 0.05) is 36.5 Å². The van der Waals surface area contributed by atoms with Gasteiger partial charge in [-0.3, -0.25) is 14.4 Å². The number of fused-ring (bicyclic) bond motifs is 1. The number of carbonyl (C=O) groups is 4. The van der Waals surface area contributed by atoms with Gasteiger partial charge in [-0.05, 0) is 30.0 Å². The van der Waals surface area contributed by atoms with Crippen molar-refractivity contribution in [2.75, 3.05) is 13.2 Å². The van der Waals surface area contributed by atoms with E-state index in [2.05, 4.69) is 15.6 Å². The zero-order chi connectivity index (χ0) is 27.9. The van der Waals surface area contributed by atoms with Gasteiger partial charge in [-0.15, -0.1) is 0 Å². The van der Waals surface area contributed by atoms with Gasteiger partial charge in [-0.1, -0.05) is 48.5 Å². The van der Waals surface area contributed by atoms with Gasteiger partial charge in [0.2, 0.25) is 17.7 Å². The maximum atomic E-state index is 13.7. The molecule has 1 aliphatic rings. The first kappa shape index (κ1) is 27.8. The van der Waals surface area contributed by atoms with Gasteiger partial charge in [-0.2, -0.15) is 0 Å². The van der Waals surface area contributed by atoms with Crippen molar-refractivity contribution in [3.8, 4) is 0 Å². The molecule has 0 spiro atoms. The third-order valence-corrected chi connectivity index (χ3v) is 6.98. The van der Waals surface area contributed by atoms with Crippen LogP contribution in [0.1, 0.15) is 24.0 Å². The first-order chi connectivity index (χ1) is 18.8. The lowest BCUT2D eigenvalue weighted by atomic mass is 10.0. The van der Waals surface area contributed by atoms with Gasteiger partial charge in [0.05, 0.1) is 6.61 Å². The zero-order valence-electron chi connectivity index (χ0n) is 21.4. The van der Waals surface area contributed by atoms with Crippen LogP contribution >= 0.6 is 0 Å². The molecule has 4 rings (SSSR count). The standard InChI is InChI=1S/C28H33N5O6/c29-20(16-34)25(35)31-22(13-17-7-2-1-3-8-17)26(36)32-23(27(37)33-12-6-11-24(33)28(38)39)14-18-15-30-21-10-5-4-9-19(18)21/h1-5,7-10,15,20,22-24,30,34H,6,11-14,16,29H2,(H,31,35)(H,32,36)(H,38,39). The van der Waals surface area contributed by atoms with Crippen LogP contribution in [-0.4, -0.2) is 81.1 Å². The molecule has 4 unspecified atom stereocenters. The SMILES string of the molecule is NC(CO)C(=O)NC(Cc1ccccc1)C(=O)NC(Cc1c[nH]c2ccccc12)C(=O)N1CCCC1C(=O)O. The average molecular weight is 536 g/mol. The molecule has 1 aromatic heterocycles. The number of nitrogens with one attached hydrogen (secondary N) is 3. The number of aromatic amines is 1. The van der Waals surface area contributed by atoms with Gasteiger partial charge >= 0.3 is 5.97 Å². The van der Waals surface area contributed by atoms with Gasteiger partial charge in [-0.25, -0.2) is 4.79 Å². The van der Waals surface area contributed by atoms with Crippen molar-refractivity contribution in [1.29, 1.82) is 0 Å². The minimum atomic E-state index is -1.22. The number of hydrogen-bond acceptors (Lipinski definition) is 6. The number of nitrogens with two attached hydrogens (primary N) is 1. The largest absolute Gasteiger partial charge is 0.480 e. The Labute approximate surface area is 225 Å². The van der Waals surface area contributed by atoms with Crippen molar-refractivity contribution in [2.45, 2.75) is 49.9 Å². The summed E-state index contributed by atoms with van der Waals surface area (Å²) in [4.78, 5) is 56.1. The van der Waals surface area contributed by atoms with E-state index in [1.807, 2.05) is 30.3 Å². The van der Waals surface area contributed by atoms with E-state index in [0.29, 0.717) is 12.8 Å². The number of aliphatic carboxylic acids is 1. The summed E-state index contributed by atoms with van der Waals surface area (Å²) in [6.45, 7) is -0.329. The van der Waals surface area contributed by atoms with Gasteiger partial charge in [0.25, 0.3) is 0 Å². The van der Waals surface area contributed by atoms with E-state index in [9.17, 15) is 29.4 Å². The molecule has 39 heavy (non-hydrogen) atoms. The summed E-state index contributed by atoms with van der Waals surface area (Å²) >= 11 is 0. The average Bonchev–Trinajstić information content (AvgIpc) is 3.60. The molecule has 0 saturated carbocycles. The van der Waals surface area contributed by atoms with Crippen LogP contribution in [0.25, 0.3) is 10.9 Å². The molecular formula is C28H33N5O6. The molecule has 0 bridgehead atoms. The molecule has 206 valence electrons. The first-order valence-electron chi connectivity index (χ1n) is 12.9. The topological polar surface area (TPSA) is 178 Å². The summed E-state index contributed by atoms with van der Waals surface area (Å²) in [6, 6.07) is 12.2. The minimum Gasteiger partial charge on any atom is -0.480 e. The van der Waals surface area contributed by atoms with Crippen LogP contribution < -0.4 is 16.4 Å². The minimum absolute atomic E-state index is 0.111. The van der Waals surface area contributed by atoms with Crippen LogP contribution in [0.2, 0.25) is 0 Å². The molecule has 11 nitrogen and oxygen atoms in total. The van der Waals surface area contributed by atoms with E-state index in [1.165, 1.54) is 4.90 Å². The van der Waals surface area contributed by atoms with E-state index < -0.39 is 54.5 Å². The second kappa shape index (κ2) is 12.5. The zero-order valence-corrected chi connectivity index (χ0v) is 21.4. The van der Waals surface area contributed by atoms with Crippen molar-refractivity contribution >= 4 is 34.6 Å². The molecule has 3 amide bonds. The Morgan fingerprint density at radius 1 is 0.974 bits per heavy atom.